The van der Waals surface area contributed by atoms with E-state index in [1.165, 1.54) is 4.88 Å². The first-order valence-electron chi connectivity index (χ1n) is 9.47. The van der Waals surface area contributed by atoms with Gasteiger partial charge in [0.1, 0.15) is 31.6 Å². The summed E-state index contributed by atoms with van der Waals surface area (Å²) in [6.07, 6.45) is 1.39. The van der Waals surface area contributed by atoms with Gasteiger partial charge >= 0.3 is 0 Å². The third-order valence-corrected chi connectivity index (χ3v) is 7.43. The quantitative estimate of drug-likeness (QED) is 0.402. The van der Waals surface area contributed by atoms with Crippen molar-refractivity contribution in [2.45, 2.75) is 31.8 Å². The van der Waals surface area contributed by atoms with Crippen molar-refractivity contribution in [3.63, 3.8) is 0 Å². The van der Waals surface area contributed by atoms with Gasteiger partial charge in [-0.3, -0.25) is 9.59 Å². The molecule has 1 amide bonds. The van der Waals surface area contributed by atoms with E-state index in [2.05, 4.69) is 7.05 Å². The van der Waals surface area contributed by atoms with Crippen molar-refractivity contribution in [3.05, 3.63) is 55.7 Å². The molecule has 0 saturated carbocycles. The summed E-state index contributed by atoms with van der Waals surface area (Å²) < 4.78 is 6.32. The fourth-order valence-corrected chi connectivity index (χ4v) is 5.78. The van der Waals surface area contributed by atoms with Crippen LogP contribution in [0, 0.1) is 0 Å². The Morgan fingerprint density at radius 3 is 2.52 bits per heavy atom. The Morgan fingerprint density at radius 1 is 1.24 bits per heavy atom. The number of hydrogen-bond donors (Lipinski definition) is 1. The lowest BCUT2D eigenvalue weighted by Gasteiger charge is -2.47. The monoisotopic (exact) mass is 546 g/mol. The Labute approximate surface area is 196 Å². The van der Waals surface area contributed by atoms with Crippen LogP contribution in [0.25, 0.3) is 0 Å². The van der Waals surface area contributed by atoms with Crippen LogP contribution in [0.3, 0.4) is 0 Å². The number of nitrogens with two attached hydrogens (primary N) is 1. The van der Waals surface area contributed by atoms with Crippen LogP contribution in [0.1, 0.15) is 31.2 Å². The number of ketones is 1. The third kappa shape index (κ3) is 4.69. The van der Waals surface area contributed by atoms with Gasteiger partial charge in [0.25, 0.3) is 0 Å². The van der Waals surface area contributed by atoms with Gasteiger partial charge in [-0.05, 0) is 23.3 Å². The number of carbonyl (C=O) groups excluding carboxylic acids is 2. The normalized spacial score (nSPS) is 21.0. The highest BCUT2D eigenvalue weighted by molar-refractivity contribution is 7.12. The van der Waals surface area contributed by atoms with E-state index in [4.69, 9.17) is 22.1 Å². The fourth-order valence-electron chi connectivity index (χ4n) is 4.11. The van der Waals surface area contributed by atoms with Crippen LogP contribution in [0.4, 0.5) is 0 Å². The molecule has 1 unspecified atom stereocenters. The zero-order valence-corrected chi connectivity index (χ0v) is 20.0. The second kappa shape index (κ2) is 9.01. The molecule has 1 fully saturated rings. The van der Waals surface area contributed by atoms with Gasteiger partial charge in [-0.15, -0.1) is 11.3 Å². The number of fused-ring (bicyclic) bond motifs is 1. The van der Waals surface area contributed by atoms with Crippen LogP contribution in [0.15, 0.2) is 24.3 Å². The number of rotatable bonds is 6. The molecule has 156 valence electrons. The molecule has 3 heterocycles. The highest BCUT2D eigenvalue weighted by Crippen LogP contribution is 2.37. The molecule has 0 spiro atoms. The van der Waals surface area contributed by atoms with Gasteiger partial charge in [-0.25, -0.2) is 0 Å². The van der Waals surface area contributed by atoms with Crippen molar-refractivity contribution in [1.82, 2.24) is 0 Å². The van der Waals surface area contributed by atoms with E-state index in [-0.39, 0.29) is 36.2 Å². The number of primary amides is 1. The Morgan fingerprint density at radius 2 is 1.93 bits per heavy atom. The first-order chi connectivity index (χ1) is 13.4. The lowest BCUT2D eigenvalue weighted by Crippen LogP contribution is -3.00. The van der Waals surface area contributed by atoms with E-state index in [1.807, 2.05) is 12.1 Å². The minimum Gasteiger partial charge on any atom is -1.00 e. The van der Waals surface area contributed by atoms with Crippen molar-refractivity contribution < 1.29 is 42.8 Å². The zero-order chi connectivity index (χ0) is 19.9. The Kier molecular flexibility index (Phi) is 7.05. The number of carbonyl (C=O) groups is 2. The summed E-state index contributed by atoms with van der Waals surface area (Å²) in [6.45, 7) is 3.44. The standard InChI is InChI=1S/C21H23ClN2O3S.HI/c1-24(15-11-27-12-15)7-6-17-19(10-24)28-18(20(17)21(23)26)9-16(25)8-13-2-4-14(22)5-3-13;/h2-5,15H,6-12H2,1H3,(H-,23,26);1H. The summed E-state index contributed by atoms with van der Waals surface area (Å²) in [5.74, 6) is -0.345. The molecule has 2 aromatic rings. The summed E-state index contributed by atoms with van der Waals surface area (Å²) >= 11 is 7.49. The molecule has 1 aromatic carbocycles. The first kappa shape index (κ1) is 22.7. The summed E-state index contributed by atoms with van der Waals surface area (Å²) in [4.78, 5) is 26.8. The minimum absolute atomic E-state index is 0. The van der Waals surface area contributed by atoms with Gasteiger partial charge in [0.15, 0.2) is 0 Å². The van der Waals surface area contributed by atoms with Crippen LogP contribution in [0.5, 0.6) is 0 Å². The molecule has 2 aliphatic heterocycles. The molecule has 1 aromatic heterocycles. The van der Waals surface area contributed by atoms with Gasteiger partial charge < -0.3 is 38.9 Å². The van der Waals surface area contributed by atoms with Crippen LogP contribution in [-0.2, 0) is 35.3 Å². The molecular weight excluding hydrogens is 523 g/mol. The number of amides is 1. The number of likely N-dealkylation sites (N-methyl/N-ethyl adjacent to an activating group) is 1. The molecule has 0 radical (unpaired) electrons. The van der Waals surface area contributed by atoms with Crippen molar-refractivity contribution in [3.8, 4) is 0 Å². The Balaban J connectivity index is 0.00000240. The largest absolute Gasteiger partial charge is 1.00 e. The highest BCUT2D eigenvalue weighted by atomic mass is 127. The van der Waals surface area contributed by atoms with Crippen LogP contribution in [0.2, 0.25) is 5.02 Å². The topological polar surface area (TPSA) is 69.4 Å². The van der Waals surface area contributed by atoms with E-state index in [0.29, 0.717) is 23.0 Å². The summed E-state index contributed by atoms with van der Waals surface area (Å²) in [5, 5.41) is 0.649. The molecule has 2 aliphatic rings. The van der Waals surface area contributed by atoms with E-state index in [9.17, 15) is 9.59 Å². The highest BCUT2D eigenvalue weighted by Gasteiger charge is 2.42. The van der Waals surface area contributed by atoms with E-state index in [1.54, 1.807) is 23.5 Å². The van der Waals surface area contributed by atoms with Gasteiger partial charge in [0.05, 0.1) is 24.0 Å². The number of halogens is 2. The Bertz CT molecular complexity index is 927. The maximum atomic E-state index is 12.6. The fraction of sp³-hybridized carbons (Fsp3) is 0.429. The predicted octanol–water partition coefficient (Wildman–Crippen LogP) is -0.240. The van der Waals surface area contributed by atoms with Crippen LogP contribution < -0.4 is 29.7 Å². The molecule has 1 saturated heterocycles. The average Bonchev–Trinajstić information content (AvgIpc) is 2.91. The lowest BCUT2D eigenvalue weighted by atomic mass is 9.96. The van der Waals surface area contributed by atoms with Crippen molar-refractivity contribution >= 4 is 34.6 Å². The van der Waals surface area contributed by atoms with E-state index < -0.39 is 5.91 Å². The van der Waals surface area contributed by atoms with E-state index >= 15 is 0 Å². The smallest absolute Gasteiger partial charge is 0.250 e. The van der Waals surface area contributed by atoms with Gasteiger partial charge in [0, 0.05) is 29.2 Å². The molecule has 4 rings (SSSR count). The number of nitrogens with zero attached hydrogens (tertiary/aromatic N) is 1. The molecule has 0 bridgehead atoms. The number of benzene rings is 1. The molecule has 0 aliphatic carbocycles. The summed E-state index contributed by atoms with van der Waals surface area (Å²) in [5.41, 5.74) is 8.27. The molecule has 8 heteroatoms. The van der Waals surface area contributed by atoms with Crippen molar-refractivity contribution in [2.75, 3.05) is 26.8 Å². The minimum atomic E-state index is -0.421. The van der Waals surface area contributed by atoms with Gasteiger partial charge in [-0.2, -0.15) is 0 Å². The second-order valence-electron chi connectivity index (χ2n) is 7.99. The molecule has 2 N–H and O–H groups in total. The molecule has 29 heavy (non-hydrogen) atoms. The molecule has 1 atom stereocenters. The number of thiophene rings is 1. The molecule has 5 nitrogen and oxygen atoms in total. The summed E-state index contributed by atoms with van der Waals surface area (Å²) in [7, 11) is 2.26. The number of hydrogen-bond acceptors (Lipinski definition) is 4. The Hall–Kier alpha value is -1.00. The summed E-state index contributed by atoms with van der Waals surface area (Å²) in [6, 6.07) is 7.80. The number of Topliss-reactive ketones (excluding diaryl/α,β-unsaturated/α-hetero) is 1. The van der Waals surface area contributed by atoms with Crippen molar-refractivity contribution in [2.24, 2.45) is 5.73 Å². The SMILES string of the molecule is C[N+]1(C2COC2)CCc2c(sc(CC(=O)Cc3ccc(Cl)cc3)c2C(N)=O)C1.[I-]. The first-order valence-corrected chi connectivity index (χ1v) is 10.7. The molecular formula is C21H24ClIN2O3S. The van der Waals surface area contributed by atoms with Crippen LogP contribution >= 0.6 is 22.9 Å². The third-order valence-electron chi connectivity index (χ3n) is 5.96. The number of ether oxygens (including phenoxy) is 1. The van der Waals surface area contributed by atoms with Crippen molar-refractivity contribution in [1.29, 1.82) is 0 Å². The second-order valence-corrected chi connectivity index (χ2v) is 9.61. The maximum absolute atomic E-state index is 12.6. The maximum Gasteiger partial charge on any atom is 0.250 e. The zero-order valence-electron chi connectivity index (χ0n) is 16.2. The lowest BCUT2D eigenvalue weighted by molar-refractivity contribution is -0.955. The average molecular weight is 547 g/mol. The van der Waals surface area contributed by atoms with Crippen LogP contribution in [-0.4, -0.2) is 49.0 Å². The van der Waals surface area contributed by atoms with Gasteiger partial charge in [0.2, 0.25) is 5.91 Å². The number of quaternary nitrogens is 1. The predicted molar refractivity (Wildman–Crippen MR) is 110 cm³/mol. The van der Waals surface area contributed by atoms with E-state index in [0.717, 1.165) is 53.2 Å². The van der Waals surface area contributed by atoms with Gasteiger partial charge in [-0.1, -0.05) is 23.7 Å².